The molecule has 2 N–H and O–H groups in total. The number of halogens is 1. The summed E-state index contributed by atoms with van der Waals surface area (Å²) in [5.74, 6) is -0.261. The summed E-state index contributed by atoms with van der Waals surface area (Å²) >= 11 is 7.29. The standard InChI is InChI=1S/C17H15ClN2O3S/c1-17(16(22)20-12-5-3-4-6-14(12)24-17)15(21)19-10-7-8-13(23-2)11(18)9-10/h3-9H,1-2H3,(H,19,21)(H,20,22). The van der Waals surface area contributed by atoms with Crippen LogP contribution in [0.3, 0.4) is 0 Å². The van der Waals surface area contributed by atoms with Crippen LogP contribution in [-0.4, -0.2) is 23.7 Å². The molecule has 1 unspecified atom stereocenters. The van der Waals surface area contributed by atoms with Crippen LogP contribution in [0.15, 0.2) is 47.4 Å². The van der Waals surface area contributed by atoms with Crippen LogP contribution in [0, 0.1) is 0 Å². The van der Waals surface area contributed by atoms with E-state index in [0.717, 1.165) is 4.90 Å². The summed E-state index contributed by atoms with van der Waals surface area (Å²) in [4.78, 5) is 26.0. The van der Waals surface area contributed by atoms with Crippen LogP contribution in [0.5, 0.6) is 5.75 Å². The zero-order chi connectivity index (χ0) is 17.3. The van der Waals surface area contributed by atoms with Gasteiger partial charge in [-0.05, 0) is 37.3 Å². The first-order chi connectivity index (χ1) is 11.4. The Kier molecular flexibility index (Phi) is 4.43. The fraction of sp³-hybridized carbons (Fsp3) is 0.176. The van der Waals surface area contributed by atoms with E-state index in [4.69, 9.17) is 16.3 Å². The monoisotopic (exact) mass is 362 g/mol. The molecule has 0 bridgehead atoms. The van der Waals surface area contributed by atoms with Gasteiger partial charge in [0.15, 0.2) is 4.75 Å². The van der Waals surface area contributed by atoms with E-state index in [9.17, 15) is 9.59 Å². The highest BCUT2D eigenvalue weighted by Crippen LogP contribution is 2.42. The third-order valence-electron chi connectivity index (χ3n) is 3.73. The van der Waals surface area contributed by atoms with E-state index in [1.165, 1.54) is 18.9 Å². The van der Waals surface area contributed by atoms with Crippen LogP contribution < -0.4 is 15.4 Å². The lowest BCUT2D eigenvalue weighted by molar-refractivity contribution is -0.126. The van der Waals surface area contributed by atoms with E-state index in [0.29, 0.717) is 22.1 Å². The second kappa shape index (κ2) is 6.37. The molecule has 7 heteroatoms. The molecule has 1 aliphatic rings. The Morgan fingerprint density at radius 2 is 2.04 bits per heavy atom. The summed E-state index contributed by atoms with van der Waals surface area (Å²) in [5.41, 5.74) is 1.21. The van der Waals surface area contributed by atoms with Crippen LogP contribution in [0.1, 0.15) is 6.92 Å². The number of para-hydroxylation sites is 1. The largest absolute Gasteiger partial charge is 0.495 e. The Hall–Kier alpha value is -2.18. The number of rotatable bonds is 3. The van der Waals surface area contributed by atoms with E-state index in [2.05, 4.69) is 10.6 Å². The lowest BCUT2D eigenvalue weighted by atomic mass is 10.1. The minimum absolute atomic E-state index is 0.358. The zero-order valence-corrected chi connectivity index (χ0v) is 14.6. The minimum atomic E-state index is -1.28. The van der Waals surface area contributed by atoms with Gasteiger partial charge in [0.25, 0.3) is 0 Å². The average molecular weight is 363 g/mol. The molecule has 0 saturated heterocycles. The first-order valence-corrected chi connectivity index (χ1v) is 8.38. The van der Waals surface area contributed by atoms with Crippen molar-refractivity contribution in [1.29, 1.82) is 0 Å². The van der Waals surface area contributed by atoms with E-state index < -0.39 is 10.7 Å². The van der Waals surface area contributed by atoms with Crippen molar-refractivity contribution in [3.8, 4) is 5.75 Å². The maximum Gasteiger partial charge on any atom is 0.250 e. The minimum Gasteiger partial charge on any atom is -0.495 e. The molecule has 1 aliphatic heterocycles. The van der Waals surface area contributed by atoms with Crippen molar-refractivity contribution >= 4 is 46.6 Å². The normalized spacial score (nSPS) is 19.2. The first-order valence-electron chi connectivity index (χ1n) is 7.18. The second-order valence-electron chi connectivity index (χ2n) is 5.39. The van der Waals surface area contributed by atoms with Crippen molar-refractivity contribution in [2.24, 2.45) is 0 Å². The van der Waals surface area contributed by atoms with Crippen LogP contribution in [0.25, 0.3) is 0 Å². The Morgan fingerprint density at radius 3 is 2.75 bits per heavy atom. The Morgan fingerprint density at radius 1 is 1.29 bits per heavy atom. The van der Waals surface area contributed by atoms with Crippen molar-refractivity contribution in [2.75, 3.05) is 17.7 Å². The molecule has 0 fully saturated rings. The number of fused-ring (bicyclic) bond motifs is 1. The molecule has 0 aliphatic carbocycles. The van der Waals surface area contributed by atoms with Crippen LogP contribution in [-0.2, 0) is 9.59 Å². The summed E-state index contributed by atoms with van der Waals surface area (Å²) in [6, 6.07) is 12.3. The number of amides is 2. The molecule has 0 aromatic heterocycles. The molecule has 0 radical (unpaired) electrons. The van der Waals surface area contributed by atoms with Crippen LogP contribution in [0.4, 0.5) is 11.4 Å². The maximum absolute atomic E-state index is 12.7. The fourth-order valence-electron chi connectivity index (χ4n) is 2.31. The predicted molar refractivity (Wildman–Crippen MR) is 96.0 cm³/mol. The van der Waals surface area contributed by atoms with Gasteiger partial charge in [-0.1, -0.05) is 35.5 Å². The molecule has 2 aromatic rings. The van der Waals surface area contributed by atoms with E-state index in [1.54, 1.807) is 31.2 Å². The SMILES string of the molecule is COc1ccc(NC(=O)C2(C)Sc3ccccc3NC2=O)cc1Cl. The number of carbonyl (C=O) groups is 2. The number of anilines is 2. The molecule has 24 heavy (non-hydrogen) atoms. The van der Waals surface area contributed by atoms with Crippen LogP contribution in [0.2, 0.25) is 5.02 Å². The maximum atomic E-state index is 12.7. The highest BCUT2D eigenvalue weighted by molar-refractivity contribution is 8.02. The van der Waals surface area contributed by atoms with Crippen molar-refractivity contribution < 1.29 is 14.3 Å². The number of benzene rings is 2. The van der Waals surface area contributed by atoms with Crippen LogP contribution >= 0.6 is 23.4 Å². The molecule has 0 saturated carbocycles. The van der Waals surface area contributed by atoms with Gasteiger partial charge in [0.05, 0.1) is 17.8 Å². The van der Waals surface area contributed by atoms with Gasteiger partial charge in [-0.2, -0.15) is 0 Å². The highest BCUT2D eigenvalue weighted by Gasteiger charge is 2.45. The van der Waals surface area contributed by atoms with Crippen molar-refractivity contribution in [3.05, 3.63) is 47.5 Å². The molecular formula is C17H15ClN2O3S. The molecule has 3 rings (SSSR count). The second-order valence-corrected chi connectivity index (χ2v) is 7.26. The zero-order valence-electron chi connectivity index (χ0n) is 13.1. The number of ether oxygens (including phenoxy) is 1. The quantitative estimate of drug-likeness (QED) is 0.815. The molecule has 124 valence electrons. The topological polar surface area (TPSA) is 67.4 Å². The van der Waals surface area contributed by atoms with Gasteiger partial charge in [-0.25, -0.2) is 0 Å². The Labute approximate surface area is 148 Å². The molecule has 2 amide bonds. The lowest BCUT2D eigenvalue weighted by Crippen LogP contribution is -2.49. The molecule has 2 aromatic carbocycles. The summed E-state index contributed by atoms with van der Waals surface area (Å²) in [7, 11) is 1.51. The molecule has 0 spiro atoms. The predicted octanol–water partition coefficient (Wildman–Crippen LogP) is 3.79. The smallest absolute Gasteiger partial charge is 0.250 e. The van der Waals surface area contributed by atoms with Gasteiger partial charge in [0.2, 0.25) is 11.8 Å². The summed E-state index contributed by atoms with van der Waals surface area (Å²) in [6.45, 7) is 1.60. The summed E-state index contributed by atoms with van der Waals surface area (Å²) < 4.78 is 3.81. The summed E-state index contributed by atoms with van der Waals surface area (Å²) in [5, 5.41) is 5.91. The molecular weight excluding hydrogens is 348 g/mol. The first kappa shape index (κ1) is 16.7. The number of thioether (sulfide) groups is 1. The number of methoxy groups -OCH3 is 1. The molecule has 1 atom stereocenters. The van der Waals surface area contributed by atoms with Gasteiger partial charge < -0.3 is 15.4 Å². The number of hydrogen-bond acceptors (Lipinski definition) is 4. The van der Waals surface area contributed by atoms with Crippen molar-refractivity contribution in [3.63, 3.8) is 0 Å². The highest BCUT2D eigenvalue weighted by atomic mass is 35.5. The fourth-order valence-corrected chi connectivity index (χ4v) is 3.67. The van der Waals surface area contributed by atoms with Gasteiger partial charge in [-0.15, -0.1) is 0 Å². The number of nitrogens with one attached hydrogen (secondary N) is 2. The van der Waals surface area contributed by atoms with E-state index in [-0.39, 0.29) is 5.91 Å². The third kappa shape index (κ3) is 2.95. The lowest BCUT2D eigenvalue weighted by Gasteiger charge is -2.31. The van der Waals surface area contributed by atoms with Gasteiger partial charge in [0, 0.05) is 10.6 Å². The van der Waals surface area contributed by atoms with Gasteiger partial charge in [0.1, 0.15) is 5.75 Å². The van der Waals surface area contributed by atoms with E-state index in [1.807, 2.05) is 18.2 Å². The van der Waals surface area contributed by atoms with Crippen molar-refractivity contribution in [2.45, 2.75) is 16.6 Å². The average Bonchev–Trinajstić information content (AvgIpc) is 2.56. The third-order valence-corrected chi connectivity index (χ3v) is 5.38. The Balaban J connectivity index is 1.84. The van der Waals surface area contributed by atoms with Crippen molar-refractivity contribution in [1.82, 2.24) is 0 Å². The molecule has 1 heterocycles. The van der Waals surface area contributed by atoms with Gasteiger partial charge >= 0.3 is 0 Å². The molecule has 5 nitrogen and oxygen atoms in total. The number of carbonyl (C=O) groups excluding carboxylic acids is 2. The Bertz CT molecular complexity index is 827. The van der Waals surface area contributed by atoms with E-state index >= 15 is 0 Å². The summed E-state index contributed by atoms with van der Waals surface area (Å²) in [6.07, 6.45) is 0. The number of hydrogen-bond donors (Lipinski definition) is 2. The van der Waals surface area contributed by atoms with Gasteiger partial charge in [-0.3, -0.25) is 9.59 Å².